The van der Waals surface area contributed by atoms with Gasteiger partial charge >= 0.3 is 5.97 Å². The third-order valence-electron chi connectivity index (χ3n) is 3.88. The second kappa shape index (κ2) is 17.8. The monoisotopic (exact) mass is 343 g/mol. The molecule has 0 saturated carbocycles. The van der Waals surface area contributed by atoms with E-state index in [0.29, 0.717) is 11.7 Å². The van der Waals surface area contributed by atoms with Crippen molar-refractivity contribution in [1.29, 1.82) is 5.41 Å². The molecule has 0 aromatic carbocycles. The van der Waals surface area contributed by atoms with Gasteiger partial charge in [-0.3, -0.25) is 10.2 Å². The van der Waals surface area contributed by atoms with E-state index in [1.54, 1.807) is 6.92 Å². The molecule has 1 N–H and O–H groups in total. The number of esters is 1. The first-order chi connectivity index (χ1) is 11.2. The van der Waals surface area contributed by atoms with Crippen LogP contribution in [0, 0.1) is 5.41 Å². The molecule has 4 heteroatoms. The quantitative estimate of drug-likeness (QED) is 0.154. The molecule has 0 aromatic rings. The Morgan fingerprint density at radius 2 is 1.30 bits per heavy atom. The number of hydrogen-bond donors (Lipinski definition) is 1. The molecule has 0 radical (unpaired) electrons. The summed E-state index contributed by atoms with van der Waals surface area (Å²) in [6, 6.07) is 0. The maximum Gasteiger partial charge on any atom is 0.312 e. The molecular formula is C19H37NO2S. The van der Waals surface area contributed by atoms with Gasteiger partial charge in [0.15, 0.2) is 0 Å². The Hall–Kier alpha value is -0.510. The average molecular weight is 344 g/mol. The van der Waals surface area contributed by atoms with Crippen LogP contribution in [0.5, 0.6) is 0 Å². The molecule has 0 aromatic heterocycles. The van der Waals surface area contributed by atoms with Gasteiger partial charge in [0.1, 0.15) is 0 Å². The van der Waals surface area contributed by atoms with Crippen molar-refractivity contribution in [3.8, 4) is 0 Å². The van der Waals surface area contributed by atoms with Gasteiger partial charge < -0.3 is 4.74 Å². The van der Waals surface area contributed by atoms with Crippen LogP contribution in [-0.4, -0.2) is 23.4 Å². The zero-order valence-corrected chi connectivity index (χ0v) is 16.1. The number of unbranched alkanes of at least 4 members (excludes halogenated alkanes) is 11. The highest BCUT2D eigenvalue weighted by Gasteiger charge is 2.06. The van der Waals surface area contributed by atoms with E-state index >= 15 is 0 Å². The highest BCUT2D eigenvalue weighted by atomic mass is 32.2. The van der Waals surface area contributed by atoms with E-state index < -0.39 is 0 Å². The summed E-state index contributed by atoms with van der Waals surface area (Å²) in [6.45, 7) is 4.46. The van der Waals surface area contributed by atoms with Gasteiger partial charge in [-0.2, -0.15) is 0 Å². The molecule has 0 amide bonds. The molecule has 0 fully saturated rings. The van der Waals surface area contributed by atoms with Crippen LogP contribution in [0.15, 0.2) is 0 Å². The summed E-state index contributed by atoms with van der Waals surface area (Å²) >= 11 is 1.49. The molecule has 0 aliphatic carbocycles. The van der Waals surface area contributed by atoms with Crippen LogP contribution >= 0.6 is 11.8 Å². The van der Waals surface area contributed by atoms with Gasteiger partial charge in [0.25, 0.3) is 0 Å². The maximum atomic E-state index is 11.2. The van der Waals surface area contributed by atoms with Gasteiger partial charge in [0.2, 0.25) is 0 Å². The summed E-state index contributed by atoms with van der Waals surface area (Å²) in [4.78, 5) is 11.2. The van der Waals surface area contributed by atoms with Crippen molar-refractivity contribution >= 4 is 22.8 Å². The number of carbonyl (C=O) groups is 1. The highest BCUT2D eigenvalue weighted by Crippen LogP contribution is 2.14. The minimum absolute atomic E-state index is 0.136. The number of rotatable bonds is 16. The molecule has 0 saturated heterocycles. The van der Waals surface area contributed by atoms with Gasteiger partial charge in [-0.1, -0.05) is 77.6 Å². The topological polar surface area (TPSA) is 50.2 Å². The molecule has 0 heterocycles. The molecule has 0 aliphatic rings. The van der Waals surface area contributed by atoms with Crippen LogP contribution in [-0.2, 0) is 9.53 Å². The molecule has 0 spiro atoms. The van der Waals surface area contributed by atoms with Gasteiger partial charge in [-0.15, -0.1) is 11.8 Å². The summed E-state index contributed by atoms with van der Waals surface area (Å²) < 4.78 is 4.84. The van der Waals surface area contributed by atoms with Gasteiger partial charge in [-0.25, -0.2) is 0 Å². The van der Waals surface area contributed by atoms with E-state index in [2.05, 4.69) is 6.92 Å². The summed E-state index contributed by atoms with van der Waals surface area (Å²) in [5, 5.41) is 8.15. The smallest absolute Gasteiger partial charge is 0.312 e. The Labute approximate surface area is 147 Å². The Balaban J connectivity index is 3.18. The Morgan fingerprint density at radius 3 is 1.78 bits per heavy atom. The third-order valence-corrected chi connectivity index (χ3v) is 4.87. The van der Waals surface area contributed by atoms with E-state index in [-0.39, 0.29) is 12.4 Å². The number of thioether (sulfide) groups is 1. The Bertz CT molecular complexity index is 295. The lowest BCUT2D eigenvalue weighted by atomic mass is 10.1. The molecular weight excluding hydrogens is 306 g/mol. The van der Waals surface area contributed by atoms with E-state index in [9.17, 15) is 4.79 Å². The third kappa shape index (κ3) is 17.7. The molecule has 0 aliphatic heterocycles. The summed E-state index contributed by atoms with van der Waals surface area (Å²) in [5.74, 6) is 0.676. The summed E-state index contributed by atoms with van der Waals surface area (Å²) in [6.07, 6.45) is 16.3. The highest BCUT2D eigenvalue weighted by molar-refractivity contribution is 8.13. The number of ether oxygens (including phenoxy) is 1. The second-order valence-electron chi connectivity index (χ2n) is 6.14. The minimum atomic E-state index is -0.278. The standard InChI is InChI=1S/C19H37NO2S/c1-3-5-6-7-8-9-10-11-12-13-14-15-16-23-18(20)17-19(21)22-4-2/h20H,3-17H2,1-2H3. The van der Waals surface area contributed by atoms with E-state index in [0.717, 1.165) is 12.2 Å². The molecule has 23 heavy (non-hydrogen) atoms. The fourth-order valence-corrected chi connectivity index (χ4v) is 3.35. The predicted octanol–water partition coefficient (Wildman–Crippen LogP) is 6.35. The van der Waals surface area contributed by atoms with Crippen molar-refractivity contribution in [2.24, 2.45) is 0 Å². The molecule has 0 atom stereocenters. The molecule has 0 rings (SSSR count). The molecule has 3 nitrogen and oxygen atoms in total. The summed E-state index contributed by atoms with van der Waals surface area (Å²) in [7, 11) is 0. The number of carbonyl (C=O) groups excluding carboxylic acids is 1. The minimum Gasteiger partial charge on any atom is -0.466 e. The van der Waals surface area contributed by atoms with E-state index in [4.69, 9.17) is 10.1 Å². The lowest BCUT2D eigenvalue weighted by Crippen LogP contribution is -2.08. The van der Waals surface area contributed by atoms with Crippen LogP contribution in [0.3, 0.4) is 0 Å². The van der Waals surface area contributed by atoms with Crippen molar-refractivity contribution in [3.63, 3.8) is 0 Å². The van der Waals surface area contributed by atoms with Crippen LogP contribution in [0.4, 0.5) is 0 Å². The van der Waals surface area contributed by atoms with Crippen LogP contribution in [0.2, 0.25) is 0 Å². The lowest BCUT2D eigenvalue weighted by Gasteiger charge is -2.04. The molecule has 0 unspecified atom stereocenters. The first kappa shape index (κ1) is 22.5. The van der Waals surface area contributed by atoms with E-state index in [1.165, 1.54) is 82.4 Å². The zero-order chi connectivity index (χ0) is 17.2. The van der Waals surface area contributed by atoms with Crippen LogP contribution in [0.25, 0.3) is 0 Å². The van der Waals surface area contributed by atoms with Crippen molar-refractivity contribution in [1.82, 2.24) is 0 Å². The van der Waals surface area contributed by atoms with Crippen molar-refractivity contribution in [3.05, 3.63) is 0 Å². The maximum absolute atomic E-state index is 11.2. The normalized spacial score (nSPS) is 10.7. The van der Waals surface area contributed by atoms with Crippen LogP contribution < -0.4 is 0 Å². The SMILES string of the molecule is CCCCCCCCCCCCCCSC(=N)CC(=O)OCC. The first-order valence-corrected chi connectivity index (χ1v) is 10.5. The largest absolute Gasteiger partial charge is 0.466 e. The number of nitrogens with one attached hydrogen (secondary N) is 1. The molecule has 0 bridgehead atoms. The summed E-state index contributed by atoms with van der Waals surface area (Å²) in [5.41, 5.74) is 0. The fourth-order valence-electron chi connectivity index (χ4n) is 2.53. The molecule has 136 valence electrons. The van der Waals surface area contributed by atoms with Crippen molar-refractivity contribution in [2.75, 3.05) is 12.4 Å². The van der Waals surface area contributed by atoms with Gasteiger partial charge in [-0.05, 0) is 19.1 Å². The Kier molecular flexibility index (Phi) is 17.4. The van der Waals surface area contributed by atoms with Crippen LogP contribution in [0.1, 0.15) is 97.3 Å². The zero-order valence-electron chi connectivity index (χ0n) is 15.3. The van der Waals surface area contributed by atoms with Gasteiger partial charge in [0.05, 0.1) is 18.1 Å². The van der Waals surface area contributed by atoms with Gasteiger partial charge in [0, 0.05) is 0 Å². The lowest BCUT2D eigenvalue weighted by molar-refractivity contribution is -0.141. The fraction of sp³-hybridized carbons (Fsp3) is 0.895. The average Bonchev–Trinajstić information content (AvgIpc) is 2.52. The van der Waals surface area contributed by atoms with Crippen molar-refractivity contribution < 1.29 is 9.53 Å². The number of hydrogen-bond acceptors (Lipinski definition) is 4. The van der Waals surface area contributed by atoms with E-state index in [1.807, 2.05) is 0 Å². The Morgan fingerprint density at radius 1 is 0.826 bits per heavy atom. The second-order valence-corrected chi connectivity index (χ2v) is 7.33. The van der Waals surface area contributed by atoms with Crippen molar-refractivity contribution in [2.45, 2.75) is 97.3 Å². The first-order valence-electron chi connectivity index (χ1n) is 9.56. The predicted molar refractivity (Wildman–Crippen MR) is 103 cm³/mol.